The molecule has 0 amide bonds. The van der Waals surface area contributed by atoms with Crippen molar-refractivity contribution < 1.29 is 42.1 Å². The zero-order chi connectivity index (χ0) is 55.6. The Morgan fingerprint density at radius 1 is 0.408 bits per heavy atom. The summed E-state index contributed by atoms with van der Waals surface area (Å²) in [4.78, 5) is 38.0. The van der Waals surface area contributed by atoms with Crippen LogP contribution in [0.5, 0.6) is 0 Å². The molecule has 0 aliphatic heterocycles. The summed E-state index contributed by atoms with van der Waals surface area (Å²) in [6.07, 6.45) is 71.0. The second kappa shape index (κ2) is 58.2. The SMILES string of the molecule is CCCCCCC/C=C\C/C=C\CCCCCCCCCCCCCCCCCCCCCC(=O)OC(COC(=O)CCCCCCCCCCCCCCCCCCCCCCC)COP(=O)([O-])OCC[N+](C)(C)C. The molecular formula is C66H128NO8P. The molecule has 0 aromatic heterocycles. The van der Waals surface area contributed by atoms with Crippen LogP contribution < -0.4 is 4.89 Å². The standard InChI is InChI=1S/C66H128NO8P/c1-6-8-10-12-14-16-18-20-22-24-26-28-29-30-31-32-33-34-35-36-37-39-41-43-45-47-49-51-53-55-57-59-66(69)75-64(63-74-76(70,71)73-61-60-67(3,4)5)62-72-65(68)58-56-54-52-50-48-46-44-42-40-38-27-25-23-21-19-17-15-13-11-9-7-2/h18,20,24,26,64H,6-17,19,21-23,25,27-63H2,1-5H3/b20-18-,26-24-. The number of nitrogens with zero attached hydrogens (tertiary/aromatic N) is 1. The fraction of sp³-hybridized carbons (Fsp3) is 0.909. The van der Waals surface area contributed by atoms with E-state index in [0.717, 1.165) is 38.5 Å². The number of unbranched alkanes of at least 4 members (excludes halogenated alkanes) is 44. The molecule has 450 valence electrons. The van der Waals surface area contributed by atoms with Gasteiger partial charge < -0.3 is 27.9 Å². The molecule has 0 N–H and O–H groups in total. The number of hydrogen-bond acceptors (Lipinski definition) is 8. The molecule has 2 atom stereocenters. The van der Waals surface area contributed by atoms with Gasteiger partial charge in [0.1, 0.15) is 19.8 Å². The number of carbonyl (C=O) groups is 2. The predicted octanol–water partition coefficient (Wildman–Crippen LogP) is 20.3. The van der Waals surface area contributed by atoms with Gasteiger partial charge in [0.2, 0.25) is 0 Å². The van der Waals surface area contributed by atoms with Crippen LogP contribution >= 0.6 is 7.82 Å². The Hall–Kier alpha value is -1.51. The first kappa shape index (κ1) is 74.5. The average molecular weight is 1090 g/mol. The molecule has 9 nitrogen and oxygen atoms in total. The molecular weight excluding hydrogens is 966 g/mol. The Morgan fingerprint density at radius 3 is 1.04 bits per heavy atom. The lowest BCUT2D eigenvalue weighted by Crippen LogP contribution is -2.37. The molecule has 0 aromatic carbocycles. The molecule has 0 fully saturated rings. The van der Waals surface area contributed by atoms with E-state index in [0.29, 0.717) is 17.4 Å². The number of phosphoric ester groups is 1. The van der Waals surface area contributed by atoms with E-state index in [9.17, 15) is 19.0 Å². The van der Waals surface area contributed by atoms with E-state index < -0.39 is 26.5 Å². The van der Waals surface area contributed by atoms with Gasteiger partial charge in [0.15, 0.2) is 6.10 Å². The van der Waals surface area contributed by atoms with E-state index in [-0.39, 0.29) is 32.0 Å². The zero-order valence-electron chi connectivity index (χ0n) is 51.2. The van der Waals surface area contributed by atoms with Gasteiger partial charge in [-0.1, -0.05) is 301 Å². The molecule has 0 saturated heterocycles. The molecule has 76 heavy (non-hydrogen) atoms. The summed E-state index contributed by atoms with van der Waals surface area (Å²) in [6, 6.07) is 0. The molecule has 0 radical (unpaired) electrons. The predicted molar refractivity (Wildman–Crippen MR) is 324 cm³/mol. The summed E-state index contributed by atoms with van der Waals surface area (Å²) in [6.45, 7) is 4.30. The third-order valence-corrected chi connectivity index (χ3v) is 15.9. The summed E-state index contributed by atoms with van der Waals surface area (Å²) < 4.78 is 34.3. The van der Waals surface area contributed by atoms with Crippen LogP contribution in [0.25, 0.3) is 0 Å². The molecule has 0 aromatic rings. The van der Waals surface area contributed by atoms with Gasteiger partial charge in [-0.3, -0.25) is 14.2 Å². The number of phosphoric acid groups is 1. The van der Waals surface area contributed by atoms with E-state index in [1.165, 1.54) is 263 Å². The Labute approximate surface area is 472 Å². The van der Waals surface area contributed by atoms with Gasteiger partial charge in [-0.15, -0.1) is 0 Å². The van der Waals surface area contributed by atoms with Crippen molar-refractivity contribution in [1.82, 2.24) is 0 Å². The van der Waals surface area contributed by atoms with Gasteiger partial charge in [0, 0.05) is 12.8 Å². The largest absolute Gasteiger partial charge is 0.756 e. The highest BCUT2D eigenvalue weighted by molar-refractivity contribution is 7.45. The van der Waals surface area contributed by atoms with Crippen LogP contribution in [0.15, 0.2) is 24.3 Å². The molecule has 0 heterocycles. The summed E-state index contributed by atoms with van der Waals surface area (Å²) >= 11 is 0. The van der Waals surface area contributed by atoms with Crippen LogP contribution in [0.4, 0.5) is 0 Å². The van der Waals surface area contributed by atoms with Crippen LogP contribution in [0.1, 0.15) is 335 Å². The van der Waals surface area contributed by atoms with Crippen LogP contribution in [-0.4, -0.2) is 70.0 Å². The molecule has 10 heteroatoms. The molecule has 0 aliphatic carbocycles. The summed E-state index contributed by atoms with van der Waals surface area (Å²) in [5, 5.41) is 0. The minimum atomic E-state index is -4.63. The number of rotatable bonds is 62. The molecule has 0 rings (SSSR count). The van der Waals surface area contributed by atoms with Crippen molar-refractivity contribution in [3.63, 3.8) is 0 Å². The lowest BCUT2D eigenvalue weighted by Gasteiger charge is -2.28. The minimum Gasteiger partial charge on any atom is -0.756 e. The van der Waals surface area contributed by atoms with E-state index in [1.54, 1.807) is 0 Å². The first-order valence-electron chi connectivity index (χ1n) is 33.0. The van der Waals surface area contributed by atoms with Gasteiger partial charge in [-0.05, 0) is 44.9 Å². The number of hydrogen-bond donors (Lipinski definition) is 0. The highest BCUT2D eigenvalue weighted by Gasteiger charge is 2.22. The highest BCUT2D eigenvalue weighted by Crippen LogP contribution is 2.38. The second-order valence-corrected chi connectivity index (χ2v) is 25.3. The molecule has 2 unspecified atom stereocenters. The van der Waals surface area contributed by atoms with Crippen LogP contribution in [0.2, 0.25) is 0 Å². The van der Waals surface area contributed by atoms with Crippen molar-refractivity contribution in [3.8, 4) is 0 Å². The van der Waals surface area contributed by atoms with Crippen LogP contribution in [-0.2, 0) is 32.7 Å². The Balaban J connectivity index is 4.01. The average Bonchev–Trinajstić information content (AvgIpc) is 3.38. The number of carbonyl (C=O) groups excluding carboxylic acids is 2. The quantitative estimate of drug-likeness (QED) is 0.0195. The van der Waals surface area contributed by atoms with Crippen molar-refractivity contribution in [3.05, 3.63) is 24.3 Å². The summed E-state index contributed by atoms with van der Waals surface area (Å²) in [5.41, 5.74) is 0. The maximum absolute atomic E-state index is 12.8. The van der Waals surface area contributed by atoms with E-state index in [1.807, 2.05) is 21.1 Å². The Kier molecular flexibility index (Phi) is 57.0. The van der Waals surface area contributed by atoms with Gasteiger partial charge >= 0.3 is 11.9 Å². The van der Waals surface area contributed by atoms with Crippen molar-refractivity contribution in [2.75, 3.05) is 47.5 Å². The van der Waals surface area contributed by atoms with E-state index in [2.05, 4.69) is 38.2 Å². The Morgan fingerprint density at radius 2 is 0.711 bits per heavy atom. The van der Waals surface area contributed by atoms with E-state index >= 15 is 0 Å². The lowest BCUT2D eigenvalue weighted by atomic mass is 10.0. The second-order valence-electron chi connectivity index (χ2n) is 23.8. The minimum absolute atomic E-state index is 0.0268. The fourth-order valence-electron chi connectivity index (χ4n) is 9.87. The van der Waals surface area contributed by atoms with Gasteiger partial charge in [-0.25, -0.2) is 0 Å². The maximum Gasteiger partial charge on any atom is 0.306 e. The van der Waals surface area contributed by atoms with Gasteiger partial charge in [0.25, 0.3) is 7.82 Å². The molecule has 0 saturated carbocycles. The first-order chi connectivity index (χ1) is 37.0. The molecule has 0 bridgehead atoms. The van der Waals surface area contributed by atoms with Crippen molar-refractivity contribution in [2.24, 2.45) is 0 Å². The van der Waals surface area contributed by atoms with Gasteiger partial charge in [0.05, 0.1) is 27.7 Å². The Bertz CT molecular complexity index is 1330. The smallest absolute Gasteiger partial charge is 0.306 e. The number of likely N-dealkylation sites (N-methyl/N-ethyl adjacent to an activating group) is 1. The number of ether oxygens (including phenoxy) is 2. The number of allylic oxidation sites excluding steroid dienone is 4. The number of esters is 2. The molecule has 0 aliphatic rings. The van der Waals surface area contributed by atoms with Crippen LogP contribution in [0.3, 0.4) is 0 Å². The van der Waals surface area contributed by atoms with Crippen molar-refractivity contribution in [1.29, 1.82) is 0 Å². The normalized spacial score (nSPS) is 13.3. The lowest BCUT2D eigenvalue weighted by molar-refractivity contribution is -0.870. The highest BCUT2D eigenvalue weighted by atomic mass is 31.2. The zero-order valence-corrected chi connectivity index (χ0v) is 52.1. The van der Waals surface area contributed by atoms with E-state index in [4.69, 9.17) is 18.5 Å². The third-order valence-electron chi connectivity index (χ3n) is 15.0. The fourth-order valence-corrected chi connectivity index (χ4v) is 10.6. The van der Waals surface area contributed by atoms with Crippen LogP contribution in [0, 0.1) is 0 Å². The van der Waals surface area contributed by atoms with Crippen molar-refractivity contribution in [2.45, 2.75) is 341 Å². The summed E-state index contributed by atoms with van der Waals surface area (Å²) in [7, 11) is 1.19. The number of quaternary nitrogens is 1. The third kappa shape index (κ3) is 61.7. The first-order valence-corrected chi connectivity index (χ1v) is 34.5. The van der Waals surface area contributed by atoms with Crippen molar-refractivity contribution >= 4 is 19.8 Å². The molecule has 0 spiro atoms. The van der Waals surface area contributed by atoms with Gasteiger partial charge in [-0.2, -0.15) is 0 Å². The monoisotopic (exact) mass is 1090 g/mol. The topological polar surface area (TPSA) is 111 Å². The summed E-state index contributed by atoms with van der Waals surface area (Å²) in [5.74, 6) is -0.810. The maximum atomic E-state index is 12.8.